The molecular formula is C26H29N3O4. The minimum atomic E-state index is -0.106. The Morgan fingerprint density at radius 3 is 2.67 bits per heavy atom. The summed E-state index contributed by atoms with van der Waals surface area (Å²) in [6, 6.07) is 15.1. The van der Waals surface area contributed by atoms with Crippen LogP contribution in [0.4, 0.5) is 5.69 Å². The fourth-order valence-electron chi connectivity index (χ4n) is 4.45. The maximum atomic E-state index is 13.2. The van der Waals surface area contributed by atoms with Gasteiger partial charge in [-0.3, -0.25) is 19.5 Å². The lowest BCUT2D eigenvalue weighted by Crippen LogP contribution is -2.38. The topological polar surface area (TPSA) is 80.8 Å². The van der Waals surface area contributed by atoms with E-state index in [9.17, 15) is 9.59 Å². The van der Waals surface area contributed by atoms with Crippen molar-refractivity contribution < 1.29 is 19.1 Å². The van der Waals surface area contributed by atoms with Crippen LogP contribution in [0, 0.1) is 5.92 Å². The van der Waals surface area contributed by atoms with Gasteiger partial charge in [0, 0.05) is 36.9 Å². The predicted molar refractivity (Wildman–Crippen MR) is 128 cm³/mol. The van der Waals surface area contributed by atoms with Gasteiger partial charge in [0.1, 0.15) is 0 Å². The number of hydrogen-bond acceptors (Lipinski definition) is 6. The Bertz CT molecular complexity index is 1180. The number of nitrogens with one attached hydrogen (secondary N) is 1. The summed E-state index contributed by atoms with van der Waals surface area (Å²) in [6.07, 6.45) is 1.83. The molecular weight excluding hydrogens is 418 g/mol. The van der Waals surface area contributed by atoms with Crippen LogP contribution >= 0.6 is 0 Å². The number of ketones is 1. The maximum absolute atomic E-state index is 13.2. The molecule has 0 radical (unpaired) electrons. The van der Waals surface area contributed by atoms with Crippen LogP contribution in [0.5, 0.6) is 11.5 Å². The average Bonchev–Trinajstić information content (AvgIpc) is 2.83. The van der Waals surface area contributed by atoms with E-state index in [0.29, 0.717) is 30.2 Å². The molecule has 1 aromatic heterocycles. The lowest BCUT2D eigenvalue weighted by Gasteiger charge is -2.31. The molecule has 33 heavy (non-hydrogen) atoms. The zero-order valence-corrected chi connectivity index (χ0v) is 19.3. The Morgan fingerprint density at radius 2 is 1.91 bits per heavy atom. The van der Waals surface area contributed by atoms with Gasteiger partial charge in [-0.05, 0) is 61.9 Å². The molecule has 7 heteroatoms. The van der Waals surface area contributed by atoms with Gasteiger partial charge in [-0.1, -0.05) is 6.07 Å². The molecule has 2 heterocycles. The quantitative estimate of drug-likeness (QED) is 0.544. The molecule has 1 N–H and O–H groups in total. The predicted octanol–water partition coefficient (Wildman–Crippen LogP) is 4.31. The van der Waals surface area contributed by atoms with Crippen LogP contribution in [0.3, 0.4) is 0 Å². The molecule has 1 saturated heterocycles. The van der Waals surface area contributed by atoms with Gasteiger partial charge < -0.3 is 14.8 Å². The Balaban J connectivity index is 1.47. The number of hydrogen-bond donors (Lipinski definition) is 1. The Hall–Kier alpha value is -3.45. The molecule has 0 saturated carbocycles. The number of amides is 1. The van der Waals surface area contributed by atoms with E-state index in [1.165, 1.54) is 6.92 Å². The summed E-state index contributed by atoms with van der Waals surface area (Å²) < 4.78 is 10.6. The Morgan fingerprint density at radius 1 is 1.09 bits per heavy atom. The normalized spacial score (nSPS) is 16.4. The number of carbonyl (C=O) groups excluding carboxylic acids is 2. The lowest BCUT2D eigenvalue weighted by atomic mass is 9.89. The third-order valence-corrected chi connectivity index (χ3v) is 6.03. The Kier molecular flexibility index (Phi) is 6.89. The molecule has 0 aliphatic carbocycles. The molecule has 3 aromatic rings. The number of benzene rings is 2. The SMILES string of the molecule is COc1ccc(C(=O)[C@H]2CCCN(Cc3ccc4c(NC(C)=O)cccc4n3)C2)cc1OC. The Labute approximate surface area is 193 Å². The van der Waals surface area contributed by atoms with Gasteiger partial charge in [0.25, 0.3) is 0 Å². The van der Waals surface area contributed by atoms with Gasteiger partial charge in [0.15, 0.2) is 17.3 Å². The number of rotatable bonds is 7. The fraction of sp³-hybridized carbons (Fsp3) is 0.346. The van der Waals surface area contributed by atoms with Crippen LogP contribution in [0.15, 0.2) is 48.5 Å². The molecule has 2 aromatic carbocycles. The third kappa shape index (κ3) is 5.14. The molecule has 0 bridgehead atoms. The lowest BCUT2D eigenvalue weighted by molar-refractivity contribution is -0.114. The number of nitrogens with zero attached hydrogens (tertiary/aromatic N) is 2. The number of piperidine rings is 1. The molecule has 1 aliphatic rings. The van der Waals surface area contributed by atoms with Gasteiger partial charge in [-0.15, -0.1) is 0 Å². The largest absolute Gasteiger partial charge is 0.493 e. The van der Waals surface area contributed by atoms with E-state index >= 15 is 0 Å². The van der Waals surface area contributed by atoms with Crippen molar-refractivity contribution in [2.45, 2.75) is 26.3 Å². The zero-order valence-electron chi connectivity index (χ0n) is 19.3. The van der Waals surface area contributed by atoms with Gasteiger partial charge in [-0.25, -0.2) is 0 Å². The molecule has 172 valence electrons. The molecule has 0 unspecified atom stereocenters. The summed E-state index contributed by atoms with van der Waals surface area (Å²) >= 11 is 0. The molecule has 1 amide bonds. The summed E-state index contributed by atoms with van der Waals surface area (Å²) in [7, 11) is 3.16. The number of Topliss-reactive ketones (excluding diaryl/α,β-unsaturated/α-hetero) is 1. The van der Waals surface area contributed by atoms with Crippen molar-refractivity contribution in [3.63, 3.8) is 0 Å². The molecule has 1 aliphatic heterocycles. The van der Waals surface area contributed by atoms with Crippen molar-refractivity contribution in [2.24, 2.45) is 5.92 Å². The summed E-state index contributed by atoms with van der Waals surface area (Å²) in [5, 5.41) is 3.77. The van der Waals surface area contributed by atoms with Crippen molar-refractivity contribution in [3.8, 4) is 11.5 Å². The minimum absolute atomic E-state index is 0.0660. The number of anilines is 1. The minimum Gasteiger partial charge on any atom is -0.493 e. The highest BCUT2D eigenvalue weighted by molar-refractivity contribution is 6.00. The zero-order chi connectivity index (χ0) is 23.4. The number of fused-ring (bicyclic) bond motifs is 1. The highest BCUT2D eigenvalue weighted by atomic mass is 16.5. The standard InChI is InChI=1S/C26H29N3O4/c1-17(30)27-22-7-4-8-23-21(22)11-10-20(28-23)16-29-13-5-6-19(15-29)26(31)18-9-12-24(32-2)25(14-18)33-3/h4,7-12,14,19H,5-6,13,15-16H2,1-3H3,(H,27,30)/t19-/m0/s1. The van der Waals surface area contributed by atoms with E-state index < -0.39 is 0 Å². The van der Waals surface area contributed by atoms with Gasteiger partial charge in [0.2, 0.25) is 5.91 Å². The first-order chi connectivity index (χ1) is 16.0. The van der Waals surface area contributed by atoms with Crippen LogP contribution in [0.2, 0.25) is 0 Å². The molecule has 7 nitrogen and oxygen atoms in total. The third-order valence-electron chi connectivity index (χ3n) is 6.03. The number of ether oxygens (including phenoxy) is 2. The summed E-state index contributed by atoms with van der Waals surface area (Å²) in [6.45, 7) is 3.80. The van der Waals surface area contributed by atoms with Gasteiger partial charge in [-0.2, -0.15) is 0 Å². The molecule has 1 atom stereocenters. The number of methoxy groups -OCH3 is 2. The summed E-state index contributed by atoms with van der Waals surface area (Å²) in [4.78, 5) is 31.7. The van der Waals surface area contributed by atoms with E-state index in [2.05, 4.69) is 10.2 Å². The first-order valence-electron chi connectivity index (χ1n) is 11.1. The van der Waals surface area contributed by atoms with Crippen molar-refractivity contribution in [1.29, 1.82) is 0 Å². The van der Waals surface area contributed by atoms with E-state index in [-0.39, 0.29) is 17.6 Å². The van der Waals surface area contributed by atoms with Crippen molar-refractivity contribution in [1.82, 2.24) is 9.88 Å². The van der Waals surface area contributed by atoms with Crippen LogP contribution < -0.4 is 14.8 Å². The second-order valence-corrected chi connectivity index (χ2v) is 8.36. The number of likely N-dealkylation sites (tertiary alicyclic amines) is 1. The highest BCUT2D eigenvalue weighted by Crippen LogP contribution is 2.30. The van der Waals surface area contributed by atoms with Crippen molar-refractivity contribution in [3.05, 3.63) is 59.8 Å². The van der Waals surface area contributed by atoms with Crippen LogP contribution in [-0.2, 0) is 11.3 Å². The summed E-state index contributed by atoms with van der Waals surface area (Å²) in [5.41, 5.74) is 3.20. The number of pyridine rings is 1. The fourth-order valence-corrected chi connectivity index (χ4v) is 4.45. The summed E-state index contributed by atoms with van der Waals surface area (Å²) in [5.74, 6) is 1.14. The second-order valence-electron chi connectivity index (χ2n) is 8.36. The highest BCUT2D eigenvalue weighted by Gasteiger charge is 2.27. The first kappa shape index (κ1) is 22.7. The van der Waals surface area contributed by atoms with Crippen LogP contribution in [0.1, 0.15) is 35.8 Å². The van der Waals surface area contributed by atoms with Gasteiger partial charge in [0.05, 0.1) is 31.1 Å². The van der Waals surface area contributed by atoms with Crippen LogP contribution in [-0.4, -0.2) is 48.9 Å². The molecule has 0 spiro atoms. The van der Waals surface area contributed by atoms with E-state index in [0.717, 1.165) is 41.7 Å². The number of aromatic nitrogens is 1. The smallest absolute Gasteiger partial charge is 0.221 e. The second kappa shape index (κ2) is 10.0. The van der Waals surface area contributed by atoms with Gasteiger partial charge >= 0.3 is 0 Å². The number of carbonyl (C=O) groups is 2. The molecule has 4 rings (SSSR count). The van der Waals surface area contributed by atoms with Crippen molar-refractivity contribution >= 4 is 28.3 Å². The average molecular weight is 448 g/mol. The molecule has 1 fully saturated rings. The monoisotopic (exact) mass is 447 g/mol. The van der Waals surface area contributed by atoms with Crippen molar-refractivity contribution in [2.75, 3.05) is 32.6 Å². The van der Waals surface area contributed by atoms with E-state index in [1.54, 1.807) is 32.4 Å². The van der Waals surface area contributed by atoms with Crippen LogP contribution in [0.25, 0.3) is 10.9 Å². The maximum Gasteiger partial charge on any atom is 0.221 e. The van der Waals surface area contributed by atoms with E-state index in [1.807, 2.05) is 30.3 Å². The first-order valence-corrected chi connectivity index (χ1v) is 11.1. The van der Waals surface area contributed by atoms with E-state index in [4.69, 9.17) is 14.5 Å².